The normalized spacial score (nSPS) is 12.6. The van der Waals surface area contributed by atoms with E-state index in [2.05, 4.69) is 109 Å². The number of hydrogen-bond acceptors (Lipinski definition) is 5. The standard InChI is InChI=1S/C35H34NS2.C15H28O2.Ir/c1-20(2)17-30-21(3)31-26(13-10-14-28(31)37-30)34-22(4)32-29(38-34)15-16-36-33(32)24-18-23-11-8-9-12-25(23)27(19-24)35(5,6)7;1-7-14(5,8-2)12(16)11-13(17)15(6,9-3)10-4;/h8-16,19-20H,17H2,1-7H3;11,16H,7-10H2,1-6H3;/q-1;;/b;12-11-;. The van der Waals surface area contributed by atoms with Gasteiger partial charge in [-0.25, -0.2) is 0 Å². The minimum Gasteiger partial charge on any atom is -0.512 e. The van der Waals surface area contributed by atoms with Crippen molar-refractivity contribution in [1.82, 2.24) is 4.98 Å². The van der Waals surface area contributed by atoms with Gasteiger partial charge in [0, 0.05) is 79.0 Å². The summed E-state index contributed by atoms with van der Waals surface area (Å²) in [6.45, 7) is 28.2. The molecule has 0 aliphatic heterocycles. The topological polar surface area (TPSA) is 50.2 Å². The van der Waals surface area contributed by atoms with Gasteiger partial charge in [0.1, 0.15) is 5.76 Å². The zero-order chi connectivity index (χ0) is 40.5. The summed E-state index contributed by atoms with van der Waals surface area (Å²) in [6.07, 6.45) is 7.86. The maximum atomic E-state index is 12.2. The molecule has 0 atom stereocenters. The van der Waals surface area contributed by atoms with Gasteiger partial charge in [-0.3, -0.25) is 9.78 Å². The number of ketones is 1. The van der Waals surface area contributed by atoms with Crippen LogP contribution in [0.5, 0.6) is 0 Å². The van der Waals surface area contributed by atoms with Crippen LogP contribution in [0.1, 0.15) is 123 Å². The predicted molar refractivity (Wildman–Crippen MR) is 242 cm³/mol. The van der Waals surface area contributed by atoms with Gasteiger partial charge in [0.05, 0.1) is 0 Å². The molecule has 56 heavy (non-hydrogen) atoms. The maximum absolute atomic E-state index is 12.2. The minimum atomic E-state index is -0.337. The monoisotopic (exact) mass is 965 g/mol. The summed E-state index contributed by atoms with van der Waals surface area (Å²) in [5, 5.41) is 15.2. The fourth-order valence-electron chi connectivity index (χ4n) is 7.42. The number of pyridine rings is 1. The largest absolute Gasteiger partial charge is 0.512 e. The third kappa shape index (κ3) is 9.10. The molecule has 301 valence electrons. The van der Waals surface area contributed by atoms with Crippen molar-refractivity contribution >= 4 is 59.4 Å². The SMILES string of the molecule is CCC(C)(CC)C(=O)/C=C(\O)C(C)(CC)CC.Cc1c(CC(C)C)sc2cccc(-c3sc4ccnc(-c5[c-]c6ccccc6c(C(C)(C)C)c5)c4c3C)c12.[Ir]. The van der Waals surface area contributed by atoms with Crippen molar-refractivity contribution in [2.75, 3.05) is 0 Å². The Balaban J connectivity index is 0.000000330. The van der Waals surface area contributed by atoms with Crippen LogP contribution in [0.3, 0.4) is 0 Å². The molecule has 0 saturated heterocycles. The molecule has 6 aromatic rings. The van der Waals surface area contributed by atoms with E-state index in [4.69, 9.17) is 4.98 Å². The Bertz CT molecular complexity index is 2340. The van der Waals surface area contributed by atoms with E-state index in [-0.39, 0.29) is 47.9 Å². The van der Waals surface area contributed by atoms with E-state index in [1.54, 1.807) is 0 Å². The fourth-order valence-corrected chi connectivity index (χ4v) is 10.1. The minimum absolute atomic E-state index is 0. The Hall–Kier alpha value is -3.15. The first-order valence-electron chi connectivity index (χ1n) is 20.2. The summed E-state index contributed by atoms with van der Waals surface area (Å²) in [5.74, 6) is 0.940. The van der Waals surface area contributed by atoms with E-state index in [0.29, 0.717) is 5.92 Å². The van der Waals surface area contributed by atoms with E-state index in [1.807, 2.05) is 70.4 Å². The Kier molecular flexibility index (Phi) is 14.8. The molecule has 6 rings (SSSR count). The zero-order valence-corrected chi connectivity index (χ0v) is 39.9. The van der Waals surface area contributed by atoms with Crippen LogP contribution in [0.25, 0.3) is 52.6 Å². The molecule has 0 amide bonds. The molecule has 3 aromatic heterocycles. The third-order valence-electron chi connectivity index (χ3n) is 12.2. The summed E-state index contributed by atoms with van der Waals surface area (Å²) in [5.41, 5.74) is 6.99. The van der Waals surface area contributed by atoms with Gasteiger partial charge >= 0.3 is 0 Å². The van der Waals surface area contributed by atoms with E-state index in [0.717, 1.165) is 48.7 Å². The Labute approximate surface area is 358 Å². The average Bonchev–Trinajstić information content (AvgIpc) is 3.68. The van der Waals surface area contributed by atoms with Crippen molar-refractivity contribution in [3.8, 4) is 21.7 Å². The summed E-state index contributed by atoms with van der Waals surface area (Å²) in [6, 6.07) is 23.7. The number of aliphatic hydroxyl groups excluding tert-OH is 1. The smallest absolute Gasteiger partial charge is 0.164 e. The molecule has 0 fully saturated rings. The summed E-state index contributed by atoms with van der Waals surface area (Å²) < 4.78 is 2.68. The molecule has 0 aliphatic carbocycles. The Morgan fingerprint density at radius 3 is 2.05 bits per heavy atom. The van der Waals surface area contributed by atoms with Crippen LogP contribution in [0, 0.1) is 36.7 Å². The molecule has 3 nitrogen and oxygen atoms in total. The number of aromatic nitrogens is 1. The Morgan fingerprint density at radius 1 is 0.821 bits per heavy atom. The van der Waals surface area contributed by atoms with E-state index in [9.17, 15) is 9.90 Å². The van der Waals surface area contributed by atoms with Crippen LogP contribution in [-0.2, 0) is 36.7 Å². The number of allylic oxidation sites excluding steroid dienone is 2. The molecule has 3 heterocycles. The average molecular weight is 965 g/mol. The predicted octanol–water partition coefficient (Wildman–Crippen LogP) is 15.6. The van der Waals surface area contributed by atoms with Gasteiger partial charge < -0.3 is 5.11 Å². The van der Waals surface area contributed by atoms with Gasteiger partial charge in [-0.05, 0) is 85.9 Å². The van der Waals surface area contributed by atoms with Gasteiger partial charge in [0.25, 0.3) is 0 Å². The van der Waals surface area contributed by atoms with Crippen LogP contribution in [0.2, 0.25) is 0 Å². The van der Waals surface area contributed by atoms with Gasteiger partial charge in [-0.2, -0.15) is 0 Å². The molecule has 1 radical (unpaired) electrons. The second kappa shape index (κ2) is 18.2. The molecule has 0 aliphatic rings. The van der Waals surface area contributed by atoms with Gasteiger partial charge in [-0.1, -0.05) is 117 Å². The van der Waals surface area contributed by atoms with E-state index < -0.39 is 0 Å². The number of carbonyl (C=O) groups excluding carboxylic acids is 1. The quantitative estimate of drug-likeness (QED) is 0.0800. The van der Waals surface area contributed by atoms with E-state index in [1.165, 1.54) is 63.6 Å². The second-order valence-corrected chi connectivity index (χ2v) is 19.5. The van der Waals surface area contributed by atoms with Crippen molar-refractivity contribution in [2.45, 2.75) is 128 Å². The molecule has 3 aromatic carbocycles. The molecular weight excluding hydrogens is 903 g/mol. The number of carbonyl (C=O) groups is 1. The number of nitrogens with zero attached hydrogens (tertiary/aromatic N) is 1. The first kappa shape index (κ1) is 45.6. The molecule has 0 spiro atoms. The number of fused-ring (bicyclic) bond motifs is 3. The van der Waals surface area contributed by atoms with Gasteiger partial charge in [0.15, 0.2) is 5.78 Å². The number of benzene rings is 3. The molecular formula is C50H62IrNO2S2-. The fraction of sp³-hybridized carbons (Fsp3) is 0.440. The molecule has 0 unspecified atom stereocenters. The summed E-state index contributed by atoms with van der Waals surface area (Å²) >= 11 is 3.86. The van der Waals surface area contributed by atoms with Crippen LogP contribution in [-0.4, -0.2) is 15.9 Å². The van der Waals surface area contributed by atoms with Gasteiger partial charge in [-0.15, -0.1) is 51.8 Å². The summed E-state index contributed by atoms with van der Waals surface area (Å²) in [4.78, 5) is 20.0. The molecule has 6 heteroatoms. The third-order valence-corrected chi connectivity index (χ3v) is 14.7. The molecule has 0 saturated carbocycles. The number of rotatable bonds is 11. The van der Waals surface area contributed by atoms with Crippen LogP contribution in [0.4, 0.5) is 0 Å². The van der Waals surface area contributed by atoms with Gasteiger partial charge in [0.2, 0.25) is 0 Å². The van der Waals surface area contributed by atoms with Crippen LogP contribution >= 0.6 is 22.7 Å². The number of aliphatic hydroxyl groups is 1. The van der Waals surface area contributed by atoms with Crippen molar-refractivity contribution in [3.05, 3.63) is 100 Å². The van der Waals surface area contributed by atoms with Crippen LogP contribution < -0.4 is 0 Å². The van der Waals surface area contributed by atoms with E-state index >= 15 is 0 Å². The zero-order valence-electron chi connectivity index (χ0n) is 35.9. The number of thiophene rings is 2. The molecule has 0 bridgehead atoms. The van der Waals surface area contributed by atoms with Crippen molar-refractivity contribution in [3.63, 3.8) is 0 Å². The maximum Gasteiger partial charge on any atom is 0.164 e. The second-order valence-electron chi connectivity index (χ2n) is 17.3. The molecule has 1 N–H and O–H groups in total. The van der Waals surface area contributed by atoms with Crippen LogP contribution in [0.15, 0.2) is 72.6 Å². The number of hydrogen-bond donors (Lipinski definition) is 1. The first-order chi connectivity index (χ1) is 25.9. The Morgan fingerprint density at radius 2 is 1.45 bits per heavy atom. The van der Waals surface area contributed by atoms with Crippen molar-refractivity contribution in [2.24, 2.45) is 16.7 Å². The number of aryl methyl sites for hydroxylation is 2. The van der Waals surface area contributed by atoms with Crippen molar-refractivity contribution in [1.29, 1.82) is 0 Å². The van der Waals surface area contributed by atoms with Crippen molar-refractivity contribution < 1.29 is 30.0 Å². The first-order valence-corrected chi connectivity index (χ1v) is 21.9. The summed E-state index contributed by atoms with van der Waals surface area (Å²) in [7, 11) is 0.